The first kappa shape index (κ1) is 14.5. The third-order valence-electron chi connectivity index (χ3n) is 2.86. The van der Waals surface area contributed by atoms with Gasteiger partial charge in [0.1, 0.15) is 11.6 Å². The van der Waals surface area contributed by atoms with E-state index in [1.165, 1.54) is 0 Å². The predicted molar refractivity (Wildman–Crippen MR) is 75.4 cm³/mol. The number of pyridine rings is 1. The molecule has 1 atom stereocenters. The van der Waals surface area contributed by atoms with Crippen molar-refractivity contribution >= 4 is 17.7 Å². The van der Waals surface area contributed by atoms with Crippen LogP contribution >= 0.6 is 0 Å². The Hall–Kier alpha value is -1.86. The number of anilines is 2. The Morgan fingerprint density at radius 1 is 1.45 bits per heavy atom. The molecule has 2 N–H and O–H groups in total. The van der Waals surface area contributed by atoms with Crippen molar-refractivity contribution in [3.63, 3.8) is 0 Å². The largest absolute Gasteiger partial charge is 0.363 e. The maximum absolute atomic E-state index is 11.7. The van der Waals surface area contributed by atoms with Crippen LogP contribution in [0.5, 0.6) is 0 Å². The van der Waals surface area contributed by atoms with E-state index in [9.17, 15) is 4.79 Å². The lowest BCUT2D eigenvalue weighted by molar-refractivity contribution is -0.185. The fraction of sp³-hybridized carbons (Fsp3) is 0.538. The molecule has 0 aliphatic carbocycles. The van der Waals surface area contributed by atoms with Gasteiger partial charge in [-0.05, 0) is 25.0 Å². The Kier molecular flexibility index (Phi) is 5.14. The van der Waals surface area contributed by atoms with Gasteiger partial charge in [-0.2, -0.15) is 0 Å². The molecule has 0 aromatic carbocycles. The van der Waals surface area contributed by atoms with E-state index in [2.05, 4.69) is 15.8 Å². The highest BCUT2D eigenvalue weighted by atomic mass is 16.8. The lowest BCUT2D eigenvalue weighted by Crippen LogP contribution is -2.35. The topological polar surface area (TPSA) is 75.7 Å². The Balaban J connectivity index is 1.80. The molecule has 1 unspecified atom stereocenters. The number of hydrogen-bond acceptors (Lipinski definition) is 5. The van der Waals surface area contributed by atoms with E-state index in [0.29, 0.717) is 12.4 Å². The van der Waals surface area contributed by atoms with E-state index in [-0.39, 0.29) is 6.29 Å². The SMILES string of the molecule is CN(C)c1cccc(NC(=O)NOC2CCCCO2)n1. The van der Waals surface area contributed by atoms with Gasteiger partial charge in [-0.1, -0.05) is 6.07 Å². The van der Waals surface area contributed by atoms with Crippen LogP contribution in [0.25, 0.3) is 0 Å². The molecule has 2 rings (SSSR count). The smallest absolute Gasteiger partial charge is 0.344 e. The van der Waals surface area contributed by atoms with Crippen LogP contribution < -0.4 is 15.7 Å². The molecule has 1 saturated heterocycles. The fourth-order valence-corrected chi connectivity index (χ4v) is 1.81. The number of ether oxygens (including phenoxy) is 1. The van der Waals surface area contributed by atoms with Crippen LogP contribution in [0.3, 0.4) is 0 Å². The fourth-order valence-electron chi connectivity index (χ4n) is 1.81. The van der Waals surface area contributed by atoms with Crippen molar-refractivity contribution in [2.24, 2.45) is 0 Å². The highest BCUT2D eigenvalue weighted by Gasteiger charge is 2.15. The number of amides is 2. The molecule has 0 radical (unpaired) electrons. The van der Waals surface area contributed by atoms with Crippen molar-refractivity contribution in [3.8, 4) is 0 Å². The molecule has 2 heterocycles. The standard InChI is InChI=1S/C13H20N4O3/c1-17(2)11-7-5-6-10(14-11)15-13(18)16-20-12-8-3-4-9-19-12/h5-7,12H,3-4,8-9H2,1-2H3,(H2,14,15,16,18). The molecule has 0 spiro atoms. The molecular weight excluding hydrogens is 260 g/mol. The zero-order valence-corrected chi connectivity index (χ0v) is 11.8. The van der Waals surface area contributed by atoms with Crippen molar-refractivity contribution in [1.82, 2.24) is 10.5 Å². The average Bonchev–Trinajstić information content (AvgIpc) is 2.46. The van der Waals surface area contributed by atoms with Crippen molar-refractivity contribution in [2.45, 2.75) is 25.6 Å². The average molecular weight is 280 g/mol. The summed E-state index contributed by atoms with van der Waals surface area (Å²) in [5, 5.41) is 2.61. The first-order chi connectivity index (χ1) is 9.65. The lowest BCUT2D eigenvalue weighted by Gasteiger charge is -2.22. The number of carbonyl (C=O) groups excluding carboxylic acids is 1. The third kappa shape index (κ3) is 4.36. The van der Waals surface area contributed by atoms with E-state index in [1.807, 2.05) is 31.1 Å². The summed E-state index contributed by atoms with van der Waals surface area (Å²) >= 11 is 0. The number of aromatic nitrogens is 1. The first-order valence-electron chi connectivity index (χ1n) is 6.64. The van der Waals surface area contributed by atoms with Gasteiger partial charge in [-0.25, -0.2) is 20.1 Å². The maximum atomic E-state index is 11.7. The van der Waals surface area contributed by atoms with Crippen LogP contribution in [-0.4, -0.2) is 38.0 Å². The number of nitrogens with zero attached hydrogens (tertiary/aromatic N) is 2. The number of rotatable bonds is 4. The van der Waals surface area contributed by atoms with Crippen LogP contribution in [-0.2, 0) is 9.57 Å². The Morgan fingerprint density at radius 3 is 3.00 bits per heavy atom. The van der Waals surface area contributed by atoms with Crippen LogP contribution in [0.2, 0.25) is 0 Å². The van der Waals surface area contributed by atoms with Crippen LogP contribution in [0.4, 0.5) is 16.4 Å². The zero-order chi connectivity index (χ0) is 14.4. The quantitative estimate of drug-likeness (QED) is 0.821. The van der Waals surface area contributed by atoms with Gasteiger partial charge < -0.3 is 9.64 Å². The monoisotopic (exact) mass is 280 g/mol. The molecule has 7 heteroatoms. The molecule has 110 valence electrons. The molecule has 1 aromatic rings. The maximum Gasteiger partial charge on any atom is 0.344 e. The summed E-state index contributed by atoms with van der Waals surface area (Å²) in [5.41, 5.74) is 2.32. The second-order valence-electron chi connectivity index (χ2n) is 4.75. The molecule has 1 aliphatic heterocycles. The van der Waals surface area contributed by atoms with E-state index in [1.54, 1.807) is 6.07 Å². The van der Waals surface area contributed by atoms with E-state index in [4.69, 9.17) is 9.57 Å². The molecule has 2 amide bonds. The minimum Gasteiger partial charge on any atom is -0.363 e. The van der Waals surface area contributed by atoms with Gasteiger partial charge in [-0.3, -0.25) is 5.32 Å². The Morgan fingerprint density at radius 2 is 2.30 bits per heavy atom. The Bertz CT molecular complexity index is 447. The molecule has 1 aliphatic rings. The normalized spacial score (nSPS) is 18.4. The minimum absolute atomic E-state index is 0.365. The first-order valence-corrected chi connectivity index (χ1v) is 6.64. The van der Waals surface area contributed by atoms with Crippen LogP contribution in [0, 0.1) is 0 Å². The minimum atomic E-state index is -0.470. The highest BCUT2D eigenvalue weighted by molar-refractivity contribution is 5.87. The number of hydrogen-bond donors (Lipinski definition) is 2. The van der Waals surface area contributed by atoms with Crippen LogP contribution in [0.15, 0.2) is 18.2 Å². The van der Waals surface area contributed by atoms with Gasteiger partial charge >= 0.3 is 6.03 Å². The molecule has 20 heavy (non-hydrogen) atoms. The highest BCUT2D eigenvalue weighted by Crippen LogP contribution is 2.13. The summed E-state index contributed by atoms with van der Waals surface area (Å²) in [5.74, 6) is 1.22. The number of urea groups is 1. The van der Waals surface area contributed by atoms with Crippen molar-refractivity contribution in [2.75, 3.05) is 30.9 Å². The van der Waals surface area contributed by atoms with Gasteiger partial charge in [0, 0.05) is 27.1 Å². The second-order valence-corrected chi connectivity index (χ2v) is 4.75. The summed E-state index contributed by atoms with van der Waals surface area (Å²) in [4.78, 5) is 23.0. The van der Waals surface area contributed by atoms with E-state index >= 15 is 0 Å². The van der Waals surface area contributed by atoms with Gasteiger partial charge in [0.2, 0.25) is 0 Å². The molecule has 1 fully saturated rings. The number of hydroxylamine groups is 1. The molecule has 0 saturated carbocycles. The van der Waals surface area contributed by atoms with Gasteiger partial charge in [0.25, 0.3) is 0 Å². The number of carbonyl (C=O) groups is 1. The summed E-state index contributed by atoms with van der Waals surface area (Å²) in [7, 11) is 3.77. The predicted octanol–water partition coefficient (Wildman–Crippen LogP) is 1.73. The van der Waals surface area contributed by atoms with Gasteiger partial charge in [0.05, 0.1) is 0 Å². The van der Waals surface area contributed by atoms with Gasteiger partial charge in [-0.15, -0.1) is 0 Å². The number of nitrogens with one attached hydrogen (secondary N) is 2. The van der Waals surface area contributed by atoms with Crippen LogP contribution in [0.1, 0.15) is 19.3 Å². The van der Waals surface area contributed by atoms with Crippen molar-refractivity contribution in [1.29, 1.82) is 0 Å². The molecule has 0 bridgehead atoms. The van der Waals surface area contributed by atoms with Gasteiger partial charge in [0.15, 0.2) is 6.29 Å². The van der Waals surface area contributed by atoms with Crippen molar-refractivity contribution < 1.29 is 14.4 Å². The van der Waals surface area contributed by atoms with E-state index in [0.717, 1.165) is 25.1 Å². The summed E-state index contributed by atoms with van der Waals surface area (Å²) in [6, 6.07) is 4.92. The second kappa shape index (κ2) is 7.06. The summed E-state index contributed by atoms with van der Waals surface area (Å²) in [6.45, 7) is 0.667. The third-order valence-corrected chi connectivity index (χ3v) is 2.86. The Labute approximate surface area is 118 Å². The zero-order valence-electron chi connectivity index (χ0n) is 11.8. The van der Waals surface area contributed by atoms with E-state index < -0.39 is 6.03 Å². The summed E-state index contributed by atoms with van der Waals surface area (Å²) in [6.07, 6.45) is 2.50. The lowest BCUT2D eigenvalue weighted by atomic mass is 10.2. The van der Waals surface area contributed by atoms with Crippen molar-refractivity contribution in [3.05, 3.63) is 18.2 Å². The molecule has 1 aromatic heterocycles. The summed E-state index contributed by atoms with van der Waals surface area (Å²) < 4.78 is 5.34. The molecular formula is C13H20N4O3. The molecule has 7 nitrogen and oxygen atoms in total.